The Labute approximate surface area is 146 Å². The van der Waals surface area contributed by atoms with Crippen molar-refractivity contribution in [2.75, 3.05) is 5.32 Å². The van der Waals surface area contributed by atoms with E-state index >= 15 is 0 Å². The highest BCUT2D eigenvalue weighted by molar-refractivity contribution is 9.10. The number of nitrogens with zero attached hydrogens (tertiary/aromatic N) is 2. The first kappa shape index (κ1) is 16.5. The third-order valence-electron chi connectivity index (χ3n) is 4.09. The summed E-state index contributed by atoms with van der Waals surface area (Å²) in [5.41, 5.74) is 0.346. The number of halogens is 1. The number of carbonyl (C=O) groups is 1. The van der Waals surface area contributed by atoms with Crippen LogP contribution in [-0.4, -0.2) is 15.2 Å². The summed E-state index contributed by atoms with van der Waals surface area (Å²) in [6.07, 6.45) is 0. The first-order valence-electron chi connectivity index (χ1n) is 7.68. The lowest BCUT2D eigenvalue weighted by Crippen LogP contribution is -2.50. The Morgan fingerprint density at radius 3 is 2.25 bits per heavy atom. The van der Waals surface area contributed by atoms with Crippen LogP contribution in [0.2, 0.25) is 0 Å². The lowest BCUT2D eigenvalue weighted by molar-refractivity contribution is 0.248. The van der Waals surface area contributed by atoms with Gasteiger partial charge in [0.15, 0.2) is 0 Å². The fourth-order valence-corrected chi connectivity index (χ4v) is 3.20. The first-order valence-corrected chi connectivity index (χ1v) is 8.47. The van der Waals surface area contributed by atoms with Crippen molar-refractivity contribution in [1.82, 2.24) is 14.5 Å². The van der Waals surface area contributed by atoms with Crippen LogP contribution in [0.4, 0.5) is 10.6 Å². The number of benzene rings is 1. The van der Waals surface area contributed by atoms with Crippen molar-refractivity contribution in [2.45, 2.75) is 33.0 Å². The van der Waals surface area contributed by atoms with Crippen molar-refractivity contribution in [2.24, 2.45) is 0 Å². The number of urea groups is 1. The number of aromatic nitrogens is 2. The summed E-state index contributed by atoms with van der Waals surface area (Å²) in [6, 6.07) is 6.31. The van der Waals surface area contributed by atoms with Crippen LogP contribution >= 0.6 is 15.9 Å². The number of nitrogens with one attached hydrogen (secondary N) is 2. The molecule has 1 aliphatic rings. The second-order valence-corrected chi connectivity index (χ2v) is 6.34. The van der Waals surface area contributed by atoms with Gasteiger partial charge in [-0.3, -0.25) is 19.2 Å². The average molecular weight is 393 g/mol. The zero-order valence-corrected chi connectivity index (χ0v) is 14.9. The number of carbonyl (C=O) groups excluding carboxylic acids is 1. The highest BCUT2D eigenvalue weighted by Crippen LogP contribution is 2.29. The van der Waals surface area contributed by atoms with Crippen LogP contribution in [-0.2, 0) is 13.1 Å². The van der Waals surface area contributed by atoms with Crippen molar-refractivity contribution < 1.29 is 4.79 Å². The van der Waals surface area contributed by atoms with Gasteiger partial charge in [-0.25, -0.2) is 9.59 Å². The molecule has 0 fully saturated rings. The molecular formula is C16H17BrN4O3. The van der Waals surface area contributed by atoms with Gasteiger partial charge in [-0.1, -0.05) is 28.1 Å². The minimum Gasteiger partial charge on any atom is -0.327 e. The molecule has 24 heavy (non-hydrogen) atoms. The molecule has 1 aromatic carbocycles. The zero-order chi connectivity index (χ0) is 17.4. The summed E-state index contributed by atoms with van der Waals surface area (Å²) in [7, 11) is 0. The van der Waals surface area contributed by atoms with Gasteiger partial charge in [0.05, 0.1) is 11.6 Å². The molecule has 2 aromatic rings. The van der Waals surface area contributed by atoms with Gasteiger partial charge >= 0.3 is 11.7 Å². The Morgan fingerprint density at radius 2 is 1.67 bits per heavy atom. The number of anilines is 1. The normalized spacial score (nSPS) is 16.3. The molecule has 126 valence electrons. The Balaban J connectivity index is 2.32. The van der Waals surface area contributed by atoms with Gasteiger partial charge in [0.1, 0.15) is 5.82 Å². The highest BCUT2D eigenvalue weighted by Gasteiger charge is 2.32. The summed E-state index contributed by atoms with van der Waals surface area (Å²) in [6.45, 7) is 4.17. The van der Waals surface area contributed by atoms with Gasteiger partial charge < -0.3 is 5.32 Å². The predicted molar refractivity (Wildman–Crippen MR) is 94.4 cm³/mol. The molecule has 1 unspecified atom stereocenters. The molecule has 0 saturated carbocycles. The predicted octanol–water partition coefficient (Wildman–Crippen LogP) is 2.04. The number of hydrogen-bond acceptors (Lipinski definition) is 3. The van der Waals surface area contributed by atoms with Crippen molar-refractivity contribution in [3.8, 4) is 0 Å². The SMILES string of the molecule is CCn1c2c(c(=O)n(CC)c1=O)C(c1ccc(Br)cc1)NC(=O)N2. The molecule has 0 aliphatic carbocycles. The summed E-state index contributed by atoms with van der Waals surface area (Å²) in [5, 5.41) is 5.39. The van der Waals surface area contributed by atoms with Gasteiger partial charge in [0, 0.05) is 17.6 Å². The monoisotopic (exact) mass is 392 g/mol. The minimum absolute atomic E-state index is 0.270. The maximum absolute atomic E-state index is 12.8. The maximum Gasteiger partial charge on any atom is 0.332 e. The van der Waals surface area contributed by atoms with E-state index in [2.05, 4.69) is 26.6 Å². The molecule has 2 heterocycles. The van der Waals surface area contributed by atoms with Crippen LogP contribution < -0.4 is 21.9 Å². The summed E-state index contributed by atoms with van der Waals surface area (Å²) in [5.74, 6) is 0.272. The third-order valence-corrected chi connectivity index (χ3v) is 4.62. The Hall–Kier alpha value is -2.35. The summed E-state index contributed by atoms with van der Waals surface area (Å²) in [4.78, 5) is 37.4. The van der Waals surface area contributed by atoms with E-state index in [1.54, 1.807) is 13.8 Å². The van der Waals surface area contributed by atoms with E-state index in [-0.39, 0.29) is 17.9 Å². The average Bonchev–Trinajstić information content (AvgIpc) is 2.55. The van der Waals surface area contributed by atoms with E-state index in [4.69, 9.17) is 0 Å². The van der Waals surface area contributed by atoms with Gasteiger partial charge in [-0.15, -0.1) is 0 Å². The fraction of sp³-hybridized carbons (Fsp3) is 0.312. The van der Waals surface area contributed by atoms with Gasteiger partial charge in [0.25, 0.3) is 5.56 Å². The maximum atomic E-state index is 12.8. The Bertz CT molecular complexity index is 915. The number of hydrogen-bond donors (Lipinski definition) is 2. The topological polar surface area (TPSA) is 85.1 Å². The Kier molecular flexibility index (Phi) is 4.31. The molecule has 1 aliphatic heterocycles. The molecule has 1 atom stereocenters. The first-order chi connectivity index (χ1) is 11.5. The standard InChI is InChI=1S/C16H17BrN4O3/c1-3-20-13-11(14(22)21(4-2)16(20)24)12(18-15(23)19-13)9-5-7-10(17)8-6-9/h5-8,12H,3-4H2,1-2H3,(H2,18,19,23). The summed E-state index contributed by atoms with van der Waals surface area (Å²) < 4.78 is 3.51. The number of fused-ring (bicyclic) bond motifs is 1. The van der Waals surface area contributed by atoms with E-state index < -0.39 is 17.8 Å². The van der Waals surface area contributed by atoms with E-state index in [0.29, 0.717) is 12.1 Å². The van der Waals surface area contributed by atoms with Crippen LogP contribution in [0.1, 0.15) is 31.0 Å². The van der Waals surface area contributed by atoms with Gasteiger partial charge in [-0.05, 0) is 31.5 Å². The molecular weight excluding hydrogens is 376 g/mol. The van der Waals surface area contributed by atoms with Crippen molar-refractivity contribution in [3.63, 3.8) is 0 Å². The highest BCUT2D eigenvalue weighted by atomic mass is 79.9. The van der Waals surface area contributed by atoms with E-state index in [0.717, 1.165) is 10.0 Å². The van der Waals surface area contributed by atoms with Crippen LogP contribution in [0.25, 0.3) is 0 Å². The van der Waals surface area contributed by atoms with E-state index in [9.17, 15) is 14.4 Å². The van der Waals surface area contributed by atoms with E-state index in [1.807, 2.05) is 24.3 Å². The molecule has 0 saturated heterocycles. The Morgan fingerprint density at radius 1 is 1.04 bits per heavy atom. The molecule has 8 heteroatoms. The van der Waals surface area contributed by atoms with Crippen LogP contribution in [0.5, 0.6) is 0 Å². The largest absolute Gasteiger partial charge is 0.332 e. The molecule has 2 amide bonds. The van der Waals surface area contributed by atoms with Crippen molar-refractivity contribution >= 4 is 27.8 Å². The van der Waals surface area contributed by atoms with Crippen molar-refractivity contribution in [3.05, 3.63) is 60.7 Å². The quantitative estimate of drug-likeness (QED) is 0.837. The van der Waals surface area contributed by atoms with Crippen LogP contribution in [0, 0.1) is 0 Å². The third kappa shape index (κ3) is 2.56. The fourth-order valence-electron chi connectivity index (χ4n) is 2.94. The number of amides is 2. The van der Waals surface area contributed by atoms with E-state index in [1.165, 1.54) is 9.13 Å². The molecule has 3 rings (SSSR count). The molecule has 0 radical (unpaired) electrons. The van der Waals surface area contributed by atoms with Crippen molar-refractivity contribution in [1.29, 1.82) is 0 Å². The molecule has 0 spiro atoms. The second kappa shape index (κ2) is 6.27. The molecule has 2 N–H and O–H groups in total. The minimum atomic E-state index is -0.606. The summed E-state index contributed by atoms with van der Waals surface area (Å²) >= 11 is 3.37. The molecule has 7 nitrogen and oxygen atoms in total. The lowest BCUT2D eigenvalue weighted by atomic mass is 9.98. The van der Waals surface area contributed by atoms with Gasteiger partial charge in [-0.2, -0.15) is 0 Å². The zero-order valence-electron chi connectivity index (χ0n) is 13.3. The van der Waals surface area contributed by atoms with Crippen LogP contribution in [0.3, 0.4) is 0 Å². The lowest BCUT2D eigenvalue weighted by Gasteiger charge is -2.29. The smallest absolute Gasteiger partial charge is 0.327 e. The molecule has 0 bridgehead atoms. The van der Waals surface area contributed by atoms with Crippen LogP contribution in [0.15, 0.2) is 38.3 Å². The van der Waals surface area contributed by atoms with Gasteiger partial charge in [0.2, 0.25) is 0 Å². The number of rotatable bonds is 3. The molecule has 1 aromatic heterocycles. The second-order valence-electron chi connectivity index (χ2n) is 5.42.